The van der Waals surface area contributed by atoms with Crippen LogP contribution in [0.1, 0.15) is 11.1 Å². The third-order valence-corrected chi connectivity index (χ3v) is 4.45. The van der Waals surface area contributed by atoms with Gasteiger partial charge in [0.1, 0.15) is 21.8 Å². The number of nitrogens with zero attached hydrogens (tertiary/aromatic N) is 3. The van der Waals surface area contributed by atoms with Gasteiger partial charge in [0, 0.05) is 10.4 Å². The Morgan fingerprint density at radius 1 is 1.33 bits per heavy atom. The molecule has 0 aliphatic rings. The van der Waals surface area contributed by atoms with Crippen molar-refractivity contribution in [1.82, 2.24) is 4.98 Å². The average Bonchev–Trinajstić information content (AvgIpc) is 2.90. The number of pyridine rings is 1. The van der Waals surface area contributed by atoms with Gasteiger partial charge in [0.05, 0.1) is 11.1 Å². The van der Waals surface area contributed by atoms with Gasteiger partial charge in [-0.25, -0.2) is 4.98 Å². The summed E-state index contributed by atoms with van der Waals surface area (Å²) in [4.78, 5) is 5.15. The third kappa shape index (κ3) is 2.15. The first kappa shape index (κ1) is 13.1. The van der Waals surface area contributed by atoms with Crippen molar-refractivity contribution < 1.29 is 0 Å². The van der Waals surface area contributed by atoms with E-state index in [0.717, 1.165) is 4.88 Å². The van der Waals surface area contributed by atoms with E-state index in [4.69, 9.17) is 0 Å². The van der Waals surface area contributed by atoms with E-state index in [1.165, 1.54) is 23.1 Å². The van der Waals surface area contributed by atoms with Gasteiger partial charge in [-0.2, -0.15) is 10.5 Å². The normalized spacial score (nSPS) is 9.78. The molecular formula is C12H6BrN3S2. The number of nitriles is 2. The standard InChI is InChI=1S/C12H6BrN3S2/c1-17-12-8(6-15)10(9-3-2-4-18-9)7(5-14)11(13)16-12/h2-4H,1H3. The van der Waals surface area contributed by atoms with E-state index in [2.05, 4.69) is 33.1 Å². The molecule has 3 nitrogen and oxygen atoms in total. The second-order valence-electron chi connectivity index (χ2n) is 3.24. The predicted molar refractivity (Wildman–Crippen MR) is 76.5 cm³/mol. The topological polar surface area (TPSA) is 60.5 Å². The van der Waals surface area contributed by atoms with Gasteiger partial charge in [0.25, 0.3) is 0 Å². The van der Waals surface area contributed by atoms with E-state index < -0.39 is 0 Å². The number of thioether (sulfide) groups is 1. The smallest absolute Gasteiger partial charge is 0.125 e. The maximum absolute atomic E-state index is 9.32. The lowest BCUT2D eigenvalue weighted by molar-refractivity contribution is 1.08. The van der Waals surface area contributed by atoms with Crippen LogP contribution >= 0.6 is 39.0 Å². The minimum absolute atomic E-state index is 0.409. The maximum atomic E-state index is 9.32. The van der Waals surface area contributed by atoms with Crippen LogP contribution < -0.4 is 0 Å². The first-order valence-electron chi connectivity index (χ1n) is 4.84. The fourth-order valence-electron chi connectivity index (χ4n) is 1.56. The molecule has 2 aromatic rings. The molecule has 0 saturated heterocycles. The van der Waals surface area contributed by atoms with Crippen LogP contribution in [0.2, 0.25) is 0 Å². The van der Waals surface area contributed by atoms with E-state index in [1.54, 1.807) is 0 Å². The first-order chi connectivity index (χ1) is 8.72. The number of halogens is 1. The number of thiophene rings is 1. The molecule has 2 aromatic heterocycles. The van der Waals surface area contributed by atoms with Crippen LogP contribution in [0, 0.1) is 22.7 Å². The summed E-state index contributed by atoms with van der Waals surface area (Å²) in [6.45, 7) is 0. The summed E-state index contributed by atoms with van der Waals surface area (Å²) < 4.78 is 0.483. The van der Waals surface area contributed by atoms with Crippen molar-refractivity contribution in [1.29, 1.82) is 10.5 Å². The highest BCUT2D eigenvalue weighted by atomic mass is 79.9. The molecular weight excluding hydrogens is 330 g/mol. The van der Waals surface area contributed by atoms with Crippen LogP contribution in [0.15, 0.2) is 27.1 Å². The number of hydrogen-bond donors (Lipinski definition) is 0. The van der Waals surface area contributed by atoms with Gasteiger partial charge >= 0.3 is 0 Å². The van der Waals surface area contributed by atoms with Gasteiger partial charge in [-0.3, -0.25) is 0 Å². The van der Waals surface area contributed by atoms with Crippen LogP contribution in [-0.4, -0.2) is 11.2 Å². The van der Waals surface area contributed by atoms with Gasteiger partial charge in [-0.05, 0) is 33.6 Å². The monoisotopic (exact) mass is 335 g/mol. The lowest BCUT2D eigenvalue weighted by Crippen LogP contribution is -1.97. The molecule has 0 aliphatic heterocycles. The summed E-state index contributed by atoms with van der Waals surface area (Å²) in [7, 11) is 0. The Balaban J connectivity index is 2.88. The quantitative estimate of drug-likeness (QED) is 0.613. The molecule has 2 heterocycles. The SMILES string of the molecule is CSc1nc(Br)c(C#N)c(-c2cccs2)c1C#N. The number of hydrogen-bond acceptors (Lipinski definition) is 5. The molecule has 0 fully saturated rings. The summed E-state index contributed by atoms with van der Waals surface area (Å²) >= 11 is 6.20. The van der Waals surface area contributed by atoms with Crippen molar-refractivity contribution in [2.45, 2.75) is 5.03 Å². The Labute approximate surface area is 121 Å². The minimum atomic E-state index is 0.409. The Morgan fingerprint density at radius 3 is 2.56 bits per heavy atom. The van der Waals surface area contributed by atoms with E-state index in [1.807, 2.05) is 23.8 Å². The molecule has 0 aliphatic carbocycles. The summed E-state index contributed by atoms with van der Waals surface area (Å²) in [6, 6.07) is 8.07. The van der Waals surface area contributed by atoms with Crippen LogP contribution in [0.3, 0.4) is 0 Å². The molecule has 18 heavy (non-hydrogen) atoms. The highest BCUT2D eigenvalue weighted by molar-refractivity contribution is 9.10. The third-order valence-electron chi connectivity index (χ3n) is 2.30. The molecule has 0 amide bonds. The minimum Gasteiger partial charge on any atom is -0.232 e. The van der Waals surface area contributed by atoms with Crippen molar-refractivity contribution in [3.63, 3.8) is 0 Å². The maximum Gasteiger partial charge on any atom is 0.125 e. The molecule has 0 aromatic carbocycles. The lowest BCUT2D eigenvalue weighted by atomic mass is 10.0. The van der Waals surface area contributed by atoms with Crippen molar-refractivity contribution in [2.75, 3.05) is 6.26 Å². The first-order valence-corrected chi connectivity index (χ1v) is 7.74. The molecule has 0 unspecified atom stereocenters. The Kier molecular flexibility index (Phi) is 4.03. The highest BCUT2D eigenvalue weighted by Crippen LogP contribution is 2.37. The second-order valence-corrected chi connectivity index (χ2v) is 5.73. The fraction of sp³-hybridized carbons (Fsp3) is 0.0833. The number of aromatic nitrogens is 1. The Morgan fingerprint density at radius 2 is 2.06 bits per heavy atom. The van der Waals surface area contributed by atoms with Crippen molar-refractivity contribution in [3.05, 3.63) is 33.2 Å². The van der Waals surface area contributed by atoms with Gasteiger partial charge in [0.15, 0.2) is 0 Å². The molecule has 88 valence electrons. The van der Waals surface area contributed by atoms with Crippen LogP contribution in [0.25, 0.3) is 10.4 Å². The van der Waals surface area contributed by atoms with E-state index >= 15 is 0 Å². The average molecular weight is 336 g/mol. The molecule has 2 rings (SSSR count). The zero-order chi connectivity index (χ0) is 13.1. The van der Waals surface area contributed by atoms with Crippen LogP contribution in [0.4, 0.5) is 0 Å². The molecule has 0 N–H and O–H groups in total. The van der Waals surface area contributed by atoms with Crippen molar-refractivity contribution in [3.8, 4) is 22.6 Å². The van der Waals surface area contributed by atoms with Crippen molar-refractivity contribution in [2.24, 2.45) is 0 Å². The van der Waals surface area contributed by atoms with Gasteiger partial charge in [0.2, 0.25) is 0 Å². The zero-order valence-electron chi connectivity index (χ0n) is 9.27. The van der Waals surface area contributed by atoms with E-state index in [-0.39, 0.29) is 0 Å². The predicted octanol–water partition coefficient (Wildman–Crippen LogP) is 4.04. The summed E-state index contributed by atoms with van der Waals surface area (Å²) in [5, 5.41) is 21.1. The Bertz CT molecular complexity index is 666. The summed E-state index contributed by atoms with van der Waals surface area (Å²) in [5.41, 5.74) is 1.54. The molecule has 6 heteroatoms. The van der Waals surface area contributed by atoms with Crippen LogP contribution in [0.5, 0.6) is 0 Å². The van der Waals surface area contributed by atoms with Gasteiger partial charge < -0.3 is 0 Å². The zero-order valence-corrected chi connectivity index (χ0v) is 12.5. The molecule has 0 spiro atoms. The second kappa shape index (κ2) is 5.53. The number of rotatable bonds is 2. The molecule has 0 saturated carbocycles. The molecule has 0 radical (unpaired) electrons. The summed E-state index contributed by atoms with van der Waals surface area (Å²) in [5.74, 6) is 0. The Hall–Kier alpha value is -1.34. The van der Waals surface area contributed by atoms with E-state index in [9.17, 15) is 10.5 Å². The fourth-order valence-corrected chi connectivity index (χ4v) is 3.46. The van der Waals surface area contributed by atoms with Crippen LogP contribution in [-0.2, 0) is 0 Å². The van der Waals surface area contributed by atoms with Gasteiger partial charge in [-0.1, -0.05) is 6.07 Å². The molecule has 0 bridgehead atoms. The van der Waals surface area contributed by atoms with E-state index in [0.29, 0.717) is 26.3 Å². The largest absolute Gasteiger partial charge is 0.232 e. The van der Waals surface area contributed by atoms with Crippen molar-refractivity contribution >= 4 is 39.0 Å². The highest BCUT2D eigenvalue weighted by Gasteiger charge is 2.20. The summed E-state index contributed by atoms with van der Waals surface area (Å²) in [6.07, 6.45) is 1.86. The molecule has 0 atom stereocenters. The van der Waals surface area contributed by atoms with Gasteiger partial charge in [-0.15, -0.1) is 23.1 Å². The lowest BCUT2D eigenvalue weighted by Gasteiger charge is -2.09.